The molecule has 2 aromatic heterocycles. The van der Waals surface area contributed by atoms with Gasteiger partial charge in [0, 0.05) is 17.6 Å². The van der Waals surface area contributed by atoms with Crippen LogP contribution in [0.3, 0.4) is 0 Å². The minimum absolute atomic E-state index is 0.125. The fourth-order valence-electron chi connectivity index (χ4n) is 2.97. The van der Waals surface area contributed by atoms with Crippen molar-refractivity contribution in [3.05, 3.63) is 64.5 Å². The smallest absolute Gasteiger partial charge is 0.265 e. The van der Waals surface area contributed by atoms with Gasteiger partial charge >= 0.3 is 0 Å². The van der Waals surface area contributed by atoms with Crippen LogP contribution in [0.5, 0.6) is 17.4 Å². The Bertz CT molecular complexity index is 949. The normalized spacial score (nSPS) is 16.0. The Hall–Kier alpha value is -2.90. The van der Waals surface area contributed by atoms with E-state index in [1.54, 1.807) is 31.5 Å². The molecule has 3 heterocycles. The number of aromatic nitrogens is 1. The van der Waals surface area contributed by atoms with Gasteiger partial charge in [-0.3, -0.25) is 4.79 Å². The van der Waals surface area contributed by atoms with Crippen LogP contribution < -0.4 is 14.8 Å². The molecule has 144 valence electrons. The first kappa shape index (κ1) is 18.5. The van der Waals surface area contributed by atoms with E-state index in [0.29, 0.717) is 27.9 Å². The summed E-state index contributed by atoms with van der Waals surface area (Å²) >= 11 is 1.47. The van der Waals surface area contributed by atoms with Crippen LogP contribution in [0.2, 0.25) is 0 Å². The third-order valence-corrected chi connectivity index (χ3v) is 5.55. The van der Waals surface area contributed by atoms with Gasteiger partial charge in [0.2, 0.25) is 5.88 Å². The molecule has 1 fully saturated rings. The first-order chi connectivity index (χ1) is 13.7. The van der Waals surface area contributed by atoms with Crippen LogP contribution in [0.4, 0.5) is 5.69 Å². The lowest BCUT2D eigenvalue weighted by molar-refractivity contribution is 0.103. The van der Waals surface area contributed by atoms with Crippen molar-refractivity contribution in [1.29, 1.82) is 0 Å². The number of nitrogens with zero attached hydrogens (tertiary/aromatic N) is 1. The predicted molar refractivity (Wildman–Crippen MR) is 108 cm³/mol. The Morgan fingerprint density at radius 3 is 2.75 bits per heavy atom. The molecule has 0 radical (unpaired) electrons. The maximum atomic E-state index is 12.5. The van der Waals surface area contributed by atoms with Gasteiger partial charge in [0.15, 0.2) is 11.5 Å². The van der Waals surface area contributed by atoms with Crippen LogP contribution in [-0.4, -0.2) is 24.6 Å². The summed E-state index contributed by atoms with van der Waals surface area (Å²) in [6, 6.07) is 14.6. The van der Waals surface area contributed by atoms with Crippen molar-refractivity contribution in [3.8, 4) is 17.4 Å². The molecule has 6 nitrogen and oxygen atoms in total. The Morgan fingerprint density at radius 2 is 2.04 bits per heavy atom. The summed E-state index contributed by atoms with van der Waals surface area (Å²) in [6.07, 6.45) is 3.77. The summed E-state index contributed by atoms with van der Waals surface area (Å²) < 4.78 is 16.7. The third-order valence-electron chi connectivity index (χ3n) is 4.38. The van der Waals surface area contributed by atoms with Gasteiger partial charge in [-0.1, -0.05) is 12.1 Å². The Balaban J connectivity index is 1.39. The number of pyridine rings is 1. The highest BCUT2D eigenvalue weighted by atomic mass is 32.1. The second kappa shape index (κ2) is 8.41. The maximum Gasteiger partial charge on any atom is 0.265 e. The molecule has 0 spiro atoms. The number of carbonyl (C=O) groups excluding carboxylic acids is 1. The van der Waals surface area contributed by atoms with E-state index in [0.717, 1.165) is 24.3 Å². The van der Waals surface area contributed by atoms with Crippen molar-refractivity contribution in [1.82, 2.24) is 4.98 Å². The summed E-state index contributed by atoms with van der Waals surface area (Å²) in [5.74, 6) is 1.46. The number of carbonyl (C=O) groups is 1. The zero-order valence-electron chi connectivity index (χ0n) is 15.4. The largest absolute Gasteiger partial charge is 0.493 e. The van der Waals surface area contributed by atoms with E-state index in [9.17, 15) is 4.79 Å². The van der Waals surface area contributed by atoms with Gasteiger partial charge in [-0.05, 0) is 43.2 Å². The van der Waals surface area contributed by atoms with E-state index in [1.807, 2.05) is 30.3 Å². The average molecular weight is 396 g/mol. The molecule has 3 aromatic rings. The second-order valence-corrected chi connectivity index (χ2v) is 7.41. The number of hydrogen-bond acceptors (Lipinski definition) is 6. The molecule has 0 aliphatic carbocycles. The topological polar surface area (TPSA) is 69.7 Å². The number of para-hydroxylation sites is 2. The number of nitrogens with one attached hydrogen (secondary N) is 1. The first-order valence-corrected chi connectivity index (χ1v) is 9.84. The Morgan fingerprint density at radius 1 is 1.18 bits per heavy atom. The summed E-state index contributed by atoms with van der Waals surface area (Å²) in [5, 5.41) is 2.86. The molecule has 0 bridgehead atoms. The van der Waals surface area contributed by atoms with Crippen LogP contribution in [0.25, 0.3) is 0 Å². The highest BCUT2D eigenvalue weighted by Gasteiger charge is 2.21. The molecule has 7 heteroatoms. The molecule has 1 amide bonds. The SMILES string of the molecule is COc1ccccc1Oc1ccc(NC(=O)c2ccc(C3CCCO3)s2)cn1. The first-order valence-electron chi connectivity index (χ1n) is 9.02. The lowest BCUT2D eigenvalue weighted by Gasteiger charge is -2.09. The zero-order chi connectivity index (χ0) is 19.3. The predicted octanol–water partition coefficient (Wildman–Crippen LogP) is 5.05. The summed E-state index contributed by atoms with van der Waals surface area (Å²) in [4.78, 5) is 18.5. The molecule has 4 rings (SSSR count). The number of hydrogen-bond donors (Lipinski definition) is 1. The van der Waals surface area contributed by atoms with Crippen LogP contribution >= 0.6 is 11.3 Å². The number of amides is 1. The Kier molecular flexibility index (Phi) is 5.55. The van der Waals surface area contributed by atoms with Gasteiger partial charge in [0.05, 0.1) is 30.0 Å². The number of ether oxygens (including phenoxy) is 3. The molecule has 1 aromatic carbocycles. The van der Waals surface area contributed by atoms with E-state index in [2.05, 4.69) is 10.3 Å². The monoisotopic (exact) mass is 396 g/mol. The van der Waals surface area contributed by atoms with E-state index in [1.165, 1.54) is 11.3 Å². The molecular weight excluding hydrogens is 376 g/mol. The number of thiophene rings is 1. The van der Waals surface area contributed by atoms with E-state index < -0.39 is 0 Å². The van der Waals surface area contributed by atoms with Gasteiger partial charge in [-0.2, -0.15) is 0 Å². The maximum absolute atomic E-state index is 12.5. The van der Waals surface area contributed by atoms with Gasteiger partial charge in [-0.25, -0.2) is 4.98 Å². The van der Waals surface area contributed by atoms with Crippen LogP contribution in [0.1, 0.15) is 33.5 Å². The average Bonchev–Trinajstić information content (AvgIpc) is 3.42. The van der Waals surface area contributed by atoms with E-state index in [-0.39, 0.29) is 12.0 Å². The van der Waals surface area contributed by atoms with Crippen molar-refractivity contribution in [2.24, 2.45) is 0 Å². The molecule has 1 N–H and O–H groups in total. The van der Waals surface area contributed by atoms with Gasteiger partial charge in [0.1, 0.15) is 0 Å². The second-order valence-electron chi connectivity index (χ2n) is 6.30. The number of anilines is 1. The van der Waals surface area contributed by atoms with E-state index >= 15 is 0 Å². The highest BCUT2D eigenvalue weighted by molar-refractivity contribution is 7.14. The van der Waals surface area contributed by atoms with Gasteiger partial charge in [-0.15, -0.1) is 11.3 Å². The number of rotatable bonds is 6. The fraction of sp³-hybridized carbons (Fsp3) is 0.238. The van der Waals surface area contributed by atoms with Gasteiger partial charge < -0.3 is 19.5 Å². The van der Waals surface area contributed by atoms with Crippen molar-refractivity contribution in [2.75, 3.05) is 19.0 Å². The van der Waals surface area contributed by atoms with Crippen LogP contribution in [0, 0.1) is 0 Å². The minimum Gasteiger partial charge on any atom is -0.493 e. The fourth-order valence-corrected chi connectivity index (χ4v) is 3.96. The molecule has 1 aliphatic heterocycles. The zero-order valence-corrected chi connectivity index (χ0v) is 16.2. The third kappa shape index (κ3) is 4.16. The van der Waals surface area contributed by atoms with Crippen molar-refractivity contribution >= 4 is 22.9 Å². The van der Waals surface area contributed by atoms with Crippen molar-refractivity contribution < 1.29 is 19.0 Å². The molecule has 1 atom stereocenters. The van der Waals surface area contributed by atoms with Crippen LogP contribution in [-0.2, 0) is 4.74 Å². The summed E-state index contributed by atoms with van der Waals surface area (Å²) in [6.45, 7) is 0.791. The Labute approximate surface area is 167 Å². The molecule has 28 heavy (non-hydrogen) atoms. The molecule has 1 unspecified atom stereocenters. The van der Waals surface area contributed by atoms with Gasteiger partial charge in [0.25, 0.3) is 5.91 Å². The number of methoxy groups -OCH3 is 1. The summed E-state index contributed by atoms with van der Waals surface area (Å²) in [5.41, 5.74) is 0.601. The minimum atomic E-state index is -0.158. The number of benzene rings is 1. The van der Waals surface area contributed by atoms with Crippen molar-refractivity contribution in [3.63, 3.8) is 0 Å². The van der Waals surface area contributed by atoms with E-state index in [4.69, 9.17) is 14.2 Å². The highest BCUT2D eigenvalue weighted by Crippen LogP contribution is 2.34. The molecule has 1 saturated heterocycles. The summed E-state index contributed by atoms with van der Waals surface area (Å²) in [7, 11) is 1.59. The lowest BCUT2D eigenvalue weighted by Crippen LogP contribution is -2.10. The lowest BCUT2D eigenvalue weighted by atomic mass is 10.2. The molecule has 1 aliphatic rings. The standard InChI is InChI=1S/C21H20N2O4S/c1-25-15-5-2-3-6-16(15)27-20-11-8-14(13-22-20)23-21(24)19-10-9-18(28-19)17-7-4-12-26-17/h2-3,5-6,8-11,13,17H,4,7,12H2,1H3,(H,23,24). The quantitative estimate of drug-likeness (QED) is 0.631. The molecular formula is C21H20N2O4S. The molecule has 0 saturated carbocycles. The van der Waals surface area contributed by atoms with Crippen molar-refractivity contribution in [2.45, 2.75) is 18.9 Å². The van der Waals surface area contributed by atoms with Crippen LogP contribution in [0.15, 0.2) is 54.7 Å².